The smallest absolute Gasteiger partial charge is 0.236 e. The fourth-order valence-electron chi connectivity index (χ4n) is 1.84. The third-order valence-electron chi connectivity index (χ3n) is 2.76. The lowest BCUT2D eigenvalue weighted by atomic mass is 10.1. The lowest BCUT2D eigenvalue weighted by Gasteiger charge is -2.24. The molecular weight excluding hydrogens is 252 g/mol. The third-order valence-corrected chi connectivity index (χ3v) is 2.76. The number of benzene rings is 1. The molecule has 0 spiro atoms. The van der Waals surface area contributed by atoms with Gasteiger partial charge in [-0.15, -0.1) is 0 Å². The summed E-state index contributed by atoms with van der Waals surface area (Å²) in [6.45, 7) is 2.16. The van der Waals surface area contributed by atoms with Gasteiger partial charge in [0.2, 0.25) is 5.91 Å². The van der Waals surface area contributed by atoms with Gasteiger partial charge < -0.3 is 16.4 Å². The number of anilines is 1. The van der Waals surface area contributed by atoms with Gasteiger partial charge in [-0.2, -0.15) is 0 Å². The number of hydrogen-bond acceptors (Lipinski definition) is 3. The molecule has 1 aromatic rings. The van der Waals surface area contributed by atoms with Gasteiger partial charge in [-0.1, -0.05) is 13.3 Å². The van der Waals surface area contributed by atoms with Crippen LogP contribution in [0.4, 0.5) is 14.5 Å². The van der Waals surface area contributed by atoms with E-state index in [0.717, 1.165) is 6.42 Å². The van der Waals surface area contributed by atoms with Crippen molar-refractivity contribution in [2.24, 2.45) is 11.5 Å². The Labute approximate surface area is 111 Å². The molecule has 106 valence electrons. The minimum absolute atomic E-state index is 0.0545. The Kier molecular flexibility index (Phi) is 5.69. The van der Waals surface area contributed by atoms with Crippen molar-refractivity contribution in [3.8, 4) is 0 Å². The Morgan fingerprint density at radius 3 is 2.32 bits per heavy atom. The molecule has 0 atom stereocenters. The van der Waals surface area contributed by atoms with Crippen molar-refractivity contribution in [3.05, 3.63) is 29.3 Å². The maximum Gasteiger partial charge on any atom is 0.236 e. The van der Waals surface area contributed by atoms with Crippen LogP contribution >= 0.6 is 0 Å². The highest BCUT2D eigenvalue weighted by Crippen LogP contribution is 2.25. The highest BCUT2D eigenvalue weighted by Gasteiger charge is 2.19. The van der Waals surface area contributed by atoms with Gasteiger partial charge in [-0.05, 0) is 24.1 Å². The molecule has 4 nitrogen and oxygen atoms in total. The van der Waals surface area contributed by atoms with Crippen LogP contribution in [0.2, 0.25) is 0 Å². The lowest BCUT2D eigenvalue weighted by molar-refractivity contribution is -0.116. The number of primary amides is 1. The van der Waals surface area contributed by atoms with Crippen LogP contribution < -0.4 is 16.4 Å². The third kappa shape index (κ3) is 4.17. The van der Waals surface area contributed by atoms with Gasteiger partial charge in [0.05, 0.1) is 6.54 Å². The van der Waals surface area contributed by atoms with Crippen LogP contribution in [0.15, 0.2) is 12.1 Å². The molecule has 0 saturated heterocycles. The van der Waals surface area contributed by atoms with E-state index in [1.807, 2.05) is 6.92 Å². The largest absolute Gasteiger partial charge is 0.368 e. The normalized spacial score (nSPS) is 10.5. The van der Waals surface area contributed by atoms with E-state index in [1.165, 1.54) is 17.0 Å². The number of nitrogens with two attached hydrogens (primary N) is 2. The molecule has 0 saturated carbocycles. The van der Waals surface area contributed by atoms with E-state index in [2.05, 4.69) is 0 Å². The standard InChI is InChI=1S/C13H19F2N3O/c1-2-3-4-18(8-12(17)19)13-10(14)5-9(7-16)6-11(13)15/h5-6H,2-4,7-8,16H2,1H3,(H2,17,19). The summed E-state index contributed by atoms with van der Waals surface area (Å²) in [5.74, 6) is -2.08. The first-order valence-corrected chi connectivity index (χ1v) is 6.20. The maximum absolute atomic E-state index is 13.9. The number of rotatable bonds is 7. The zero-order valence-corrected chi connectivity index (χ0v) is 11.0. The second kappa shape index (κ2) is 7.04. The van der Waals surface area contributed by atoms with Crippen LogP contribution in [0.1, 0.15) is 25.3 Å². The summed E-state index contributed by atoms with van der Waals surface area (Å²) in [5.41, 5.74) is 10.6. The van der Waals surface area contributed by atoms with Crippen LogP contribution in [-0.2, 0) is 11.3 Å². The highest BCUT2D eigenvalue weighted by molar-refractivity contribution is 5.79. The molecule has 0 bridgehead atoms. The van der Waals surface area contributed by atoms with Crippen LogP contribution in [0.5, 0.6) is 0 Å². The summed E-state index contributed by atoms with van der Waals surface area (Å²) in [6.07, 6.45) is 1.56. The van der Waals surface area contributed by atoms with Crippen LogP contribution in [-0.4, -0.2) is 19.0 Å². The molecule has 1 aromatic carbocycles. The van der Waals surface area contributed by atoms with Crippen molar-refractivity contribution in [3.63, 3.8) is 0 Å². The lowest BCUT2D eigenvalue weighted by Crippen LogP contribution is -2.35. The van der Waals surface area contributed by atoms with Gasteiger partial charge in [0, 0.05) is 13.1 Å². The van der Waals surface area contributed by atoms with E-state index in [4.69, 9.17) is 11.5 Å². The van der Waals surface area contributed by atoms with Crippen molar-refractivity contribution in [2.45, 2.75) is 26.3 Å². The van der Waals surface area contributed by atoms with Crippen molar-refractivity contribution < 1.29 is 13.6 Å². The molecule has 0 aliphatic rings. The number of carbonyl (C=O) groups is 1. The summed E-state index contributed by atoms with van der Waals surface area (Å²) in [4.78, 5) is 12.3. The average molecular weight is 271 g/mol. The summed E-state index contributed by atoms with van der Waals surface area (Å²) in [6, 6.07) is 2.36. The summed E-state index contributed by atoms with van der Waals surface area (Å²) < 4.78 is 27.9. The van der Waals surface area contributed by atoms with Crippen molar-refractivity contribution >= 4 is 11.6 Å². The summed E-state index contributed by atoms with van der Waals surface area (Å²) in [5, 5.41) is 0. The number of hydrogen-bond donors (Lipinski definition) is 2. The minimum Gasteiger partial charge on any atom is -0.368 e. The molecule has 0 heterocycles. The predicted octanol–water partition coefficient (Wildman–Crippen LogP) is 1.52. The molecule has 0 radical (unpaired) electrons. The van der Waals surface area contributed by atoms with Crippen molar-refractivity contribution in [1.29, 1.82) is 0 Å². The predicted molar refractivity (Wildman–Crippen MR) is 70.6 cm³/mol. The molecular formula is C13H19F2N3O. The van der Waals surface area contributed by atoms with Crippen LogP contribution in [0.3, 0.4) is 0 Å². The zero-order valence-electron chi connectivity index (χ0n) is 11.0. The molecule has 0 aliphatic carbocycles. The second-order valence-electron chi connectivity index (χ2n) is 4.35. The molecule has 0 aliphatic heterocycles. The molecule has 0 aromatic heterocycles. The van der Waals surface area contributed by atoms with Crippen LogP contribution in [0, 0.1) is 11.6 Å². The van der Waals surface area contributed by atoms with Crippen LogP contribution in [0.25, 0.3) is 0 Å². The van der Waals surface area contributed by atoms with Gasteiger partial charge in [0.1, 0.15) is 17.3 Å². The minimum atomic E-state index is -0.724. The van der Waals surface area contributed by atoms with E-state index in [9.17, 15) is 13.6 Å². The molecule has 1 rings (SSSR count). The molecule has 1 amide bonds. The van der Waals surface area contributed by atoms with E-state index in [1.54, 1.807) is 0 Å². The molecule has 6 heteroatoms. The molecule has 4 N–H and O–H groups in total. The Morgan fingerprint density at radius 2 is 1.89 bits per heavy atom. The first kappa shape index (κ1) is 15.4. The Bertz CT molecular complexity index is 429. The first-order valence-electron chi connectivity index (χ1n) is 6.20. The monoisotopic (exact) mass is 271 g/mol. The van der Waals surface area contributed by atoms with Gasteiger partial charge in [-0.25, -0.2) is 8.78 Å². The average Bonchev–Trinajstić information content (AvgIpc) is 2.33. The number of amides is 1. The summed E-state index contributed by atoms with van der Waals surface area (Å²) in [7, 11) is 0. The quantitative estimate of drug-likeness (QED) is 0.789. The Morgan fingerprint density at radius 1 is 1.32 bits per heavy atom. The van der Waals surface area contributed by atoms with Gasteiger partial charge in [0.25, 0.3) is 0 Å². The Balaban J connectivity index is 3.10. The SMILES string of the molecule is CCCCN(CC(N)=O)c1c(F)cc(CN)cc1F. The van der Waals surface area contributed by atoms with E-state index in [-0.39, 0.29) is 18.8 Å². The molecule has 0 unspecified atom stereocenters. The fraction of sp³-hybridized carbons (Fsp3) is 0.462. The number of unbranched alkanes of at least 4 members (excludes halogenated alkanes) is 1. The van der Waals surface area contributed by atoms with Crippen molar-refractivity contribution in [2.75, 3.05) is 18.0 Å². The number of carbonyl (C=O) groups excluding carboxylic acids is 1. The topological polar surface area (TPSA) is 72.3 Å². The molecule has 19 heavy (non-hydrogen) atoms. The number of halogens is 2. The van der Waals surface area contributed by atoms with E-state index in [0.29, 0.717) is 18.5 Å². The number of nitrogens with zero attached hydrogens (tertiary/aromatic N) is 1. The highest BCUT2D eigenvalue weighted by atomic mass is 19.1. The van der Waals surface area contributed by atoms with Gasteiger partial charge in [0.15, 0.2) is 0 Å². The fourth-order valence-corrected chi connectivity index (χ4v) is 1.84. The maximum atomic E-state index is 13.9. The first-order chi connectivity index (χ1) is 8.99. The zero-order chi connectivity index (χ0) is 14.4. The second-order valence-corrected chi connectivity index (χ2v) is 4.35. The Hall–Kier alpha value is -1.69. The van der Waals surface area contributed by atoms with E-state index < -0.39 is 17.5 Å². The van der Waals surface area contributed by atoms with E-state index >= 15 is 0 Å². The van der Waals surface area contributed by atoms with Gasteiger partial charge >= 0.3 is 0 Å². The molecule has 0 fully saturated rings. The van der Waals surface area contributed by atoms with Gasteiger partial charge in [-0.3, -0.25) is 4.79 Å². The summed E-state index contributed by atoms with van der Waals surface area (Å²) >= 11 is 0. The van der Waals surface area contributed by atoms with Crippen molar-refractivity contribution in [1.82, 2.24) is 0 Å².